The van der Waals surface area contributed by atoms with Gasteiger partial charge in [-0.2, -0.15) is 0 Å². The molecule has 0 unspecified atom stereocenters. The first-order valence-corrected chi connectivity index (χ1v) is 7.32. The second-order valence-corrected chi connectivity index (χ2v) is 7.01. The van der Waals surface area contributed by atoms with Gasteiger partial charge in [-0.05, 0) is 12.5 Å². The fourth-order valence-corrected chi connectivity index (χ4v) is 2.76. The highest BCUT2D eigenvalue weighted by Gasteiger charge is 2.45. The fourth-order valence-electron chi connectivity index (χ4n) is 1.59. The first kappa shape index (κ1) is 14.4. The molecular weight excluding hydrogens is 267 g/mol. The first-order valence-electron chi connectivity index (χ1n) is 5.05. The summed E-state index contributed by atoms with van der Waals surface area (Å²) >= 11 is 5.95. The van der Waals surface area contributed by atoms with Crippen molar-refractivity contribution in [3.8, 4) is 0 Å². The molecule has 17 heavy (non-hydrogen) atoms. The molecule has 1 N–H and O–H groups in total. The lowest BCUT2D eigenvalue weighted by Gasteiger charge is -2.29. The van der Waals surface area contributed by atoms with E-state index in [1.54, 1.807) is 0 Å². The van der Waals surface area contributed by atoms with Gasteiger partial charge >= 0.3 is 0 Å². The van der Waals surface area contributed by atoms with Gasteiger partial charge in [0.05, 0.1) is 0 Å². The Morgan fingerprint density at radius 3 is 2.41 bits per heavy atom. The van der Waals surface area contributed by atoms with Crippen molar-refractivity contribution in [2.45, 2.75) is 23.7 Å². The standard InChI is InChI=1S/C11H14ClFO3S/c1-3-11(12,17(2,15)16)10(14)8-6-4-5-7-9(8)13/h4-7,10,14H,3H2,1-2H3/t10-,11-/m0/s1. The third kappa shape index (κ3) is 2.61. The van der Waals surface area contributed by atoms with Crippen molar-refractivity contribution >= 4 is 21.4 Å². The molecule has 0 bridgehead atoms. The Labute approximate surface area is 105 Å². The molecule has 0 amide bonds. The summed E-state index contributed by atoms with van der Waals surface area (Å²) in [4.78, 5) is 0. The Morgan fingerprint density at radius 2 is 2.00 bits per heavy atom. The Balaban J connectivity index is 3.29. The van der Waals surface area contributed by atoms with E-state index in [-0.39, 0.29) is 12.0 Å². The van der Waals surface area contributed by atoms with Crippen molar-refractivity contribution < 1.29 is 17.9 Å². The highest BCUT2D eigenvalue weighted by molar-refractivity contribution is 7.93. The molecule has 0 spiro atoms. The number of sulfone groups is 1. The highest BCUT2D eigenvalue weighted by atomic mass is 35.5. The monoisotopic (exact) mass is 280 g/mol. The van der Waals surface area contributed by atoms with Gasteiger partial charge in [0.15, 0.2) is 14.0 Å². The van der Waals surface area contributed by atoms with Gasteiger partial charge in [0.25, 0.3) is 0 Å². The molecule has 1 rings (SSSR count). The van der Waals surface area contributed by atoms with Crippen molar-refractivity contribution in [2.75, 3.05) is 6.26 Å². The van der Waals surface area contributed by atoms with Crippen molar-refractivity contribution in [2.24, 2.45) is 0 Å². The van der Waals surface area contributed by atoms with E-state index in [1.807, 2.05) is 0 Å². The molecule has 6 heteroatoms. The summed E-state index contributed by atoms with van der Waals surface area (Å²) in [5, 5.41) is 10.0. The zero-order valence-corrected chi connectivity index (χ0v) is 11.1. The largest absolute Gasteiger partial charge is 0.385 e. The third-order valence-corrected chi connectivity index (χ3v) is 5.77. The van der Waals surface area contributed by atoms with Gasteiger partial charge < -0.3 is 5.11 Å². The first-order chi connectivity index (χ1) is 7.74. The van der Waals surface area contributed by atoms with Crippen molar-refractivity contribution in [3.05, 3.63) is 35.6 Å². The van der Waals surface area contributed by atoms with Crippen LogP contribution in [0.2, 0.25) is 0 Å². The lowest BCUT2D eigenvalue weighted by molar-refractivity contribution is 0.150. The molecule has 0 aromatic heterocycles. The highest BCUT2D eigenvalue weighted by Crippen LogP contribution is 2.40. The summed E-state index contributed by atoms with van der Waals surface area (Å²) in [6.45, 7) is 1.53. The third-order valence-electron chi connectivity index (χ3n) is 2.71. The molecule has 1 aromatic rings. The van der Waals surface area contributed by atoms with Gasteiger partial charge in [-0.1, -0.05) is 36.7 Å². The SMILES string of the molecule is CC[C@@](Cl)([C@@H](O)c1ccccc1F)S(C)(=O)=O. The Morgan fingerprint density at radius 1 is 1.47 bits per heavy atom. The second kappa shape index (κ2) is 4.92. The summed E-state index contributed by atoms with van der Waals surface area (Å²) in [5.74, 6) is -0.679. The summed E-state index contributed by atoms with van der Waals surface area (Å²) in [6, 6.07) is 5.43. The van der Waals surface area contributed by atoms with Crippen LogP contribution >= 0.6 is 11.6 Å². The second-order valence-electron chi connectivity index (χ2n) is 3.84. The molecule has 1 aromatic carbocycles. The van der Waals surface area contributed by atoms with Crippen molar-refractivity contribution in [1.29, 1.82) is 0 Å². The van der Waals surface area contributed by atoms with E-state index >= 15 is 0 Å². The van der Waals surface area contributed by atoms with E-state index < -0.39 is 26.0 Å². The van der Waals surface area contributed by atoms with Gasteiger partial charge in [-0.25, -0.2) is 12.8 Å². The van der Waals surface area contributed by atoms with Crippen molar-refractivity contribution in [3.63, 3.8) is 0 Å². The van der Waals surface area contributed by atoms with Crippen LogP contribution in [-0.2, 0) is 9.84 Å². The molecule has 0 saturated heterocycles. The molecule has 0 fully saturated rings. The molecule has 96 valence electrons. The van der Waals surface area contributed by atoms with Crippen LogP contribution in [0.15, 0.2) is 24.3 Å². The predicted octanol–water partition coefficient (Wildman–Crippen LogP) is 2.25. The maximum atomic E-state index is 13.5. The summed E-state index contributed by atoms with van der Waals surface area (Å²) < 4.78 is 34.8. The number of aliphatic hydroxyl groups excluding tert-OH is 1. The maximum Gasteiger partial charge on any atom is 0.175 e. The fraction of sp³-hybridized carbons (Fsp3) is 0.455. The summed E-state index contributed by atoms with van der Waals surface area (Å²) in [6.07, 6.45) is -0.707. The number of benzene rings is 1. The smallest absolute Gasteiger partial charge is 0.175 e. The molecule has 0 aliphatic rings. The van der Waals surface area contributed by atoms with E-state index in [1.165, 1.54) is 25.1 Å². The number of hydrogen-bond donors (Lipinski definition) is 1. The normalized spacial score (nSPS) is 17.5. The quantitative estimate of drug-likeness (QED) is 0.861. The van der Waals surface area contributed by atoms with E-state index in [2.05, 4.69) is 0 Å². The van der Waals surface area contributed by atoms with Gasteiger partial charge in [0.2, 0.25) is 0 Å². The number of halogens is 2. The van der Waals surface area contributed by atoms with E-state index in [9.17, 15) is 17.9 Å². The van der Waals surface area contributed by atoms with E-state index in [0.29, 0.717) is 0 Å². The van der Waals surface area contributed by atoms with Gasteiger partial charge in [-0.15, -0.1) is 0 Å². The molecule has 3 nitrogen and oxygen atoms in total. The Hall–Kier alpha value is -0.650. The molecular formula is C11H14ClFO3S. The average molecular weight is 281 g/mol. The molecule has 0 heterocycles. The minimum absolute atomic E-state index is 0.0249. The minimum atomic E-state index is -3.73. The van der Waals surface area contributed by atoms with Crippen LogP contribution in [0.1, 0.15) is 25.0 Å². The molecule has 0 saturated carbocycles. The van der Waals surface area contributed by atoms with E-state index in [0.717, 1.165) is 12.3 Å². The predicted molar refractivity (Wildman–Crippen MR) is 65.1 cm³/mol. The number of aliphatic hydroxyl groups is 1. The van der Waals surface area contributed by atoms with Crippen LogP contribution in [0.5, 0.6) is 0 Å². The number of hydrogen-bond acceptors (Lipinski definition) is 3. The van der Waals surface area contributed by atoms with Crippen LogP contribution < -0.4 is 0 Å². The van der Waals surface area contributed by atoms with Gasteiger partial charge in [-0.3, -0.25) is 0 Å². The summed E-state index contributed by atoms with van der Waals surface area (Å²) in [7, 11) is -3.73. The number of rotatable bonds is 4. The lowest BCUT2D eigenvalue weighted by atomic mass is 10.0. The zero-order valence-electron chi connectivity index (χ0n) is 9.52. The van der Waals surface area contributed by atoms with Crippen LogP contribution in [-0.4, -0.2) is 24.0 Å². The maximum absolute atomic E-state index is 13.5. The Kier molecular flexibility index (Phi) is 4.17. The molecule has 0 aliphatic carbocycles. The minimum Gasteiger partial charge on any atom is -0.385 e. The van der Waals surface area contributed by atoms with Gasteiger partial charge in [0.1, 0.15) is 11.9 Å². The molecule has 0 aliphatic heterocycles. The average Bonchev–Trinajstić information content (AvgIpc) is 2.26. The Bertz CT molecular complexity index is 503. The van der Waals surface area contributed by atoms with Crippen LogP contribution in [0.25, 0.3) is 0 Å². The van der Waals surface area contributed by atoms with Crippen LogP contribution in [0.3, 0.4) is 0 Å². The van der Waals surface area contributed by atoms with Crippen LogP contribution in [0.4, 0.5) is 4.39 Å². The summed E-state index contributed by atoms with van der Waals surface area (Å²) in [5.41, 5.74) is -0.116. The van der Waals surface area contributed by atoms with Gasteiger partial charge in [0, 0.05) is 11.8 Å². The topological polar surface area (TPSA) is 54.4 Å². The lowest BCUT2D eigenvalue weighted by Crippen LogP contribution is -2.38. The zero-order chi connectivity index (χ0) is 13.3. The molecule has 2 atom stereocenters. The molecule has 0 radical (unpaired) electrons. The van der Waals surface area contributed by atoms with E-state index in [4.69, 9.17) is 11.6 Å². The number of alkyl halides is 1. The van der Waals surface area contributed by atoms with Crippen molar-refractivity contribution in [1.82, 2.24) is 0 Å². The van der Waals surface area contributed by atoms with Crippen LogP contribution in [0, 0.1) is 5.82 Å².